The molecule has 1 aromatic carbocycles. The minimum Gasteiger partial charge on any atom is -0.497 e. The van der Waals surface area contributed by atoms with Crippen molar-refractivity contribution in [3.8, 4) is 11.5 Å². The van der Waals surface area contributed by atoms with Crippen LogP contribution in [0.5, 0.6) is 11.5 Å². The number of rotatable bonds is 3. The molecule has 1 radical (unpaired) electrons. The van der Waals surface area contributed by atoms with Gasteiger partial charge in [-0.2, -0.15) is 0 Å². The first-order valence-electron chi connectivity index (χ1n) is 7.38. The number of carbonyl (C=O) groups excluding carboxylic acids is 1. The highest BCUT2D eigenvalue weighted by Gasteiger charge is 2.40. The summed E-state index contributed by atoms with van der Waals surface area (Å²) >= 11 is 0. The van der Waals surface area contributed by atoms with Crippen molar-refractivity contribution in [3.05, 3.63) is 47.8 Å². The van der Waals surface area contributed by atoms with Gasteiger partial charge in [-0.3, -0.25) is 9.78 Å². The molecule has 1 aliphatic rings. The molecule has 0 unspecified atom stereocenters. The number of ether oxygens (including phenoxy) is 2. The molecule has 0 aliphatic carbocycles. The van der Waals surface area contributed by atoms with Gasteiger partial charge >= 0.3 is 0 Å². The Labute approximate surface area is 135 Å². The SMILES string of the molecule is COc1cc(OC)cc(N2Cc3cn[c]cc3C(C)(C)C2=O)c1. The van der Waals surface area contributed by atoms with E-state index in [1.807, 2.05) is 26.0 Å². The molecule has 0 N–H and O–H groups in total. The number of aromatic nitrogens is 1. The van der Waals surface area contributed by atoms with E-state index in [1.54, 1.807) is 37.4 Å². The number of benzene rings is 1. The number of nitrogens with zero attached hydrogens (tertiary/aromatic N) is 2. The molecule has 119 valence electrons. The third-order valence-electron chi connectivity index (χ3n) is 4.28. The third kappa shape index (κ3) is 2.52. The summed E-state index contributed by atoms with van der Waals surface area (Å²) in [5.74, 6) is 1.32. The Morgan fingerprint density at radius 3 is 2.43 bits per heavy atom. The number of carbonyl (C=O) groups is 1. The number of pyridine rings is 1. The van der Waals surface area contributed by atoms with Crippen LogP contribution in [0.4, 0.5) is 5.69 Å². The lowest BCUT2D eigenvalue weighted by molar-refractivity contribution is -0.123. The van der Waals surface area contributed by atoms with E-state index in [2.05, 4.69) is 11.2 Å². The summed E-state index contributed by atoms with van der Waals surface area (Å²) in [7, 11) is 3.19. The lowest BCUT2D eigenvalue weighted by atomic mass is 9.78. The molecule has 1 amide bonds. The van der Waals surface area contributed by atoms with Crippen LogP contribution in [0.25, 0.3) is 0 Å². The second-order valence-electron chi connectivity index (χ2n) is 6.06. The number of hydrogen-bond donors (Lipinski definition) is 0. The Kier molecular flexibility index (Phi) is 3.72. The molecule has 0 atom stereocenters. The van der Waals surface area contributed by atoms with Crippen LogP contribution in [0.2, 0.25) is 0 Å². The molecular formula is C18H19N2O3. The van der Waals surface area contributed by atoms with Crippen LogP contribution in [-0.2, 0) is 16.8 Å². The first kappa shape index (κ1) is 15.3. The predicted octanol–water partition coefficient (Wildman–Crippen LogP) is 2.72. The van der Waals surface area contributed by atoms with Gasteiger partial charge in [0.1, 0.15) is 11.5 Å². The molecule has 0 bridgehead atoms. The maximum Gasteiger partial charge on any atom is 0.237 e. The maximum absolute atomic E-state index is 13.0. The van der Waals surface area contributed by atoms with E-state index in [1.165, 1.54) is 0 Å². The van der Waals surface area contributed by atoms with E-state index in [9.17, 15) is 4.79 Å². The quantitative estimate of drug-likeness (QED) is 0.874. The average Bonchev–Trinajstić information content (AvgIpc) is 2.57. The van der Waals surface area contributed by atoms with Gasteiger partial charge in [0, 0.05) is 24.4 Å². The van der Waals surface area contributed by atoms with Crippen LogP contribution in [-0.4, -0.2) is 25.1 Å². The van der Waals surface area contributed by atoms with Gasteiger partial charge in [0.2, 0.25) is 5.91 Å². The smallest absolute Gasteiger partial charge is 0.237 e. The summed E-state index contributed by atoms with van der Waals surface area (Å²) in [4.78, 5) is 18.8. The monoisotopic (exact) mass is 311 g/mol. The van der Waals surface area contributed by atoms with Crippen molar-refractivity contribution >= 4 is 11.6 Å². The predicted molar refractivity (Wildman–Crippen MR) is 86.8 cm³/mol. The van der Waals surface area contributed by atoms with E-state index < -0.39 is 5.41 Å². The van der Waals surface area contributed by atoms with Crippen molar-refractivity contribution in [3.63, 3.8) is 0 Å². The first-order valence-corrected chi connectivity index (χ1v) is 7.38. The fraction of sp³-hybridized carbons (Fsp3) is 0.333. The van der Waals surface area contributed by atoms with Crippen LogP contribution in [0.3, 0.4) is 0 Å². The third-order valence-corrected chi connectivity index (χ3v) is 4.28. The summed E-state index contributed by atoms with van der Waals surface area (Å²) in [6.07, 6.45) is 4.60. The van der Waals surface area contributed by atoms with Gasteiger partial charge in [-0.25, -0.2) is 0 Å². The largest absolute Gasteiger partial charge is 0.497 e. The van der Waals surface area contributed by atoms with Crippen molar-refractivity contribution in [1.29, 1.82) is 0 Å². The maximum atomic E-state index is 13.0. The van der Waals surface area contributed by atoms with Gasteiger partial charge in [0.05, 0.1) is 38.1 Å². The number of hydrogen-bond acceptors (Lipinski definition) is 4. The normalized spacial score (nSPS) is 16.0. The van der Waals surface area contributed by atoms with Gasteiger partial charge in [0.15, 0.2) is 0 Å². The Hall–Kier alpha value is -2.56. The zero-order valence-electron chi connectivity index (χ0n) is 13.7. The standard InChI is InChI=1S/C18H19N2O3/c1-18(2)16-5-6-19-10-12(16)11-20(17(18)21)13-7-14(22-3)9-15(8-13)23-4/h5,7-10H,11H2,1-4H3. The van der Waals surface area contributed by atoms with E-state index in [4.69, 9.17) is 9.47 Å². The Balaban J connectivity index is 2.10. The minimum atomic E-state index is -0.636. The van der Waals surface area contributed by atoms with Gasteiger partial charge < -0.3 is 14.4 Å². The highest BCUT2D eigenvalue weighted by Crippen LogP contribution is 2.38. The Morgan fingerprint density at radius 1 is 1.17 bits per heavy atom. The molecule has 0 saturated heterocycles. The fourth-order valence-corrected chi connectivity index (χ4v) is 2.94. The summed E-state index contributed by atoms with van der Waals surface area (Å²) < 4.78 is 10.6. The molecule has 5 heteroatoms. The molecule has 1 aromatic heterocycles. The summed E-state index contributed by atoms with van der Waals surface area (Å²) in [5, 5.41) is 0. The second-order valence-corrected chi connectivity index (χ2v) is 6.06. The Morgan fingerprint density at radius 2 is 1.83 bits per heavy atom. The highest BCUT2D eigenvalue weighted by molar-refractivity contribution is 6.02. The Bertz CT molecular complexity index is 733. The van der Waals surface area contributed by atoms with Gasteiger partial charge in [0.25, 0.3) is 0 Å². The van der Waals surface area contributed by atoms with Crippen molar-refractivity contribution < 1.29 is 14.3 Å². The van der Waals surface area contributed by atoms with E-state index >= 15 is 0 Å². The van der Waals surface area contributed by atoms with Crippen LogP contribution in [0, 0.1) is 6.20 Å². The first-order chi connectivity index (χ1) is 11.0. The van der Waals surface area contributed by atoms with Crippen LogP contribution in [0.15, 0.2) is 30.5 Å². The fourth-order valence-electron chi connectivity index (χ4n) is 2.94. The van der Waals surface area contributed by atoms with E-state index in [-0.39, 0.29) is 5.91 Å². The molecule has 0 fully saturated rings. The summed E-state index contributed by atoms with van der Waals surface area (Å²) in [5.41, 5.74) is 2.11. The molecule has 3 rings (SSSR count). The molecule has 23 heavy (non-hydrogen) atoms. The van der Waals surface area contributed by atoms with Gasteiger partial charge in [-0.1, -0.05) is 0 Å². The number of amides is 1. The van der Waals surface area contributed by atoms with E-state index in [0.29, 0.717) is 18.0 Å². The van der Waals surface area contributed by atoms with Crippen molar-refractivity contribution in [2.24, 2.45) is 0 Å². The van der Waals surface area contributed by atoms with Crippen molar-refractivity contribution in [2.45, 2.75) is 25.8 Å². The molecular weight excluding hydrogens is 292 g/mol. The topological polar surface area (TPSA) is 51.7 Å². The number of anilines is 1. The zero-order chi connectivity index (χ0) is 16.6. The van der Waals surface area contributed by atoms with Crippen molar-refractivity contribution in [2.75, 3.05) is 19.1 Å². The van der Waals surface area contributed by atoms with Crippen LogP contribution in [0.1, 0.15) is 25.0 Å². The number of methoxy groups -OCH3 is 2. The molecule has 0 saturated carbocycles. The van der Waals surface area contributed by atoms with Gasteiger partial charge in [-0.05, 0) is 31.0 Å². The molecule has 1 aliphatic heterocycles. The molecule has 0 spiro atoms. The van der Waals surface area contributed by atoms with E-state index in [0.717, 1.165) is 16.8 Å². The van der Waals surface area contributed by atoms with Crippen LogP contribution >= 0.6 is 0 Å². The lowest BCUT2D eigenvalue weighted by Gasteiger charge is -2.38. The average molecular weight is 311 g/mol. The lowest BCUT2D eigenvalue weighted by Crippen LogP contribution is -2.48. The second kappa shape index (κ2) is 5.57. The molecule has 2 aromatic rings. The molecule has 5 nitrogen and oxygen atoms in total. The summed E-state index contributed by atoms with van der Waals surface area (Å²) in [6, 6.07) is 7.26. The van der Waals surface area contributed by atoms with Crippen LogP contribution < -0.4 is 14.4 Å². The number of fused-ring (bicyclic) bond motifs is 1. The minimum absolute atomic E-state index is 0.0277. The van der Waals surface area contributed by atoms with Gasteiger partial charge in [-0.15, -0.1) is 0 Å². The highest BCUT2D eigenvalue weighted by atomic mass is 16.5. The summed E-state index contributed by atoms with van der Waals surface area (Å²) in [6.45, 7) is 4.31. The zero-order valence-corrected chi connectivity index (χ0v) is 13.7. The van der Waals surface area contributed by atoms with Crippen molar-refractivity contribution in [1.82, 2.24) is 4.98 Å². The molecule has 2 heterocycles.